The second kappa shape index (κ2) is 5.34. The highest BCUT2D eigenvalue weighted by Gasteiger charge is 2.20. The summed E-state index contributed by atoms with van der Waals surface area (Å²) in [6, 6.07) is 13.7. The van der Waals surface area contributed by atoms with Gasteiger partial charge in [-0.25, -0.2) is 0 Å². The molecule has 0 spiro atoms. The summed E-state index contributed by atoms with van der Waals surface area (Å²) in [5.74, 6) is 1.65. The lowest BCUT2D eigenvalue weighted by Gasteiger charge is -2.05. The smallest absolute Gasteiger partial charge is 0.231 e. The van der Waals surface area contributed by atoms with Gasteiger partial charge in [0.1, 0.15) is 0 Å². The van der Waals surface area contributed by atoms with E-state index in [0.29, 0.717) is 0 Å². The van der Waals surface area contributed by atoms with Crippen molar-refractivity contribution in [3.05, 3.63) is 64.7 Å². The molecule has 0 radical (unpaired) electrons. The number of aryl methyl sites for hydroxylation is 1. The summed E-state index contributed by atoms with van der Waals surface area (Å²) in [6.07, 6.45) is 4.74. The lowest BCUT2D eigenvalue weighted by molar-refractivity contribution is 0.103. The predicted molar refractivity (Wildman–Crippen MR) is 84.3 cm³/mol. The molecule has 22 heavy (non-hydrogen) atoms. The Bertz CT molecular complexity index is 774. The first-order valence-electron chi connectivity index (χ1n) is 7.54. The Morgan fingerprint density at radius 1 is 0.955 bits per heavy atom. The van der Waals surface area contributed by atoms with Gasteiger partial charge < -0.3 is 9.47 Å². The highest BCUT2D eigenvalue weighted by molar-refractivity contribution is 6.12. The third-order valence-electron chi connectivity index (χ3n) is 4.18. The Balaban J connectivity index is 1.71. The molecular formula is C19H16O3. The lowest BCUT2D eigenvalue weighted by atomic mass is 9.98. The quantitative estimate of drug-likeness (QED) is 0.588. The molecule has 1 aliphatic carbocycles. The van der Waals surface area contributed by atoms with Crippen LogP contribution in [0.4, 0.5) is 0 Å². The fourth-order valence-electron chi connectivity index (χ4n) is 3.06. The molecule has 0 N–H and O–H groups in total. The van der Waals surface area contributed by atoms with E-state index in [9.17, 15) is 4.79 Å². The monoisotopic (exact) mass is 292 g/mol. The zero-order valence-electron chi connectivity index (χ0n) is 12.2. The standard InChI is InChI=1S/C19H16O3/c20-19-15(6-3-5-14-4-1-2-7-16(14)19)10-13-8-9-17-18(11-13)22-12-21-17/h1-2,4,7-11H,3,5-6,12H2/b15-10-. The van der Waals surface area contributed by atoms with Gasteiger partial charge in [-0.1, -0.05) is 30.3 Å². The first-order valence-corrected chi connectivity index (χ1v) is 7.54. The van der Waals surface area contributed by atoms with Gasteiger partial charge in [-0.05, 0) is 48.6 Å². The van der Waals surface area contributed by atoms with E-state index >= 15 is 0 Å². The number of carbonyl (C=O) groups is 1. The fraction of sp³-hybridized carbons (Fsp3) is 0.211. The lowest BCUT2D eigenvalue weighted by Crippen LogP contribution is -2.03. The van der Waals surface area contributed by atoms with Gasteiger partial charge in [0.25, 0.3) is 0 Å². The van der Waals surface area contributed by atoms with E-state index in [1.54, 1.807) is 0 Å². The van der Waals surface area contributed by atoms with Crippen molar-refractivity contribution in [2.24, 2.45) is 0 Å². The number of hydrogen-bond acceptors (Lipinski definition) is 3. The maximum atomic E-state index is 12.8. The number of allylic oxidation sites excluding steroid dienone is 1. The molecular weight excluding hydrogens is 276 g/mol. The normalized spacial score (nSPS) is 18.2. The van der Waals surface area contributed by atoms with Crippen LogP contribution in [0.3, 0.4) is 0 Å². The van der Waals surface area contributed by atoms with Crippen molar-refractivity contribution in [2.45, 2.75) is 19.3 Å². The van der Waals surface area contributed by atoms with Crippen LogP contribution in [0.15, 0.2) is 48.0 Å². The highest BCUT2D eigenvalue weighted by Crippen LogP contribution is 2.34. The molecule has 0 fully saturated rings. The van der Waals surface area contributed by atoms with Crippen molar-refractivity contribution >= 4 is 11.9 Å². The number of ketones is 1. The van der Waals surface area contributed by atoms with Crippen molar-refractivity contribution < 1.29 is 14.3 Å². The summed E-state index contributed by atoms with van der Waals surface area (Å²) >= 11 is 0. The van der Waals surface area contributed by atoms with E-state index in [-0.39, 0.29) is 12.6 Å². The van der Waals surface area contributed by atoms with Crippen molar-refractivity contribution in [3.8, 4) is 11.5 Å². The Morgan fingerprint density at radius 3 is 2.77 bits per heavy atom. The molecule has 4 rings (SSSR count). The minimum atomic E-state index is 0.144. The van der Waals surface area contributed by atoms with E-state index in [1.807, 2.05) is 42.5 Å². The summed E-state index contributed by atoms with van der Waals surface area (Å²) in [7, 11) is 0. The summed E-state index contributed by atoms with van der Waals surface area (Å²) in [4.78, 5) is 12.8. The van der Waals surface area contributed by atoms with Crippen molar-refractivity contribution in [3.63, 3.8) is 0 Å². The number of hydrogen-bond donors (Lipinski definition) is 0. The molecule has 0 saturated carbocycles. The molecule has 0 unspecified atom stereocenters. The van der Waals surface area contributed by atoms with E-state index in [4.69, 9.17) is 9.47 Å². The molecule has 3 nitrogen and oxygen atoms in total. The maximum Gasteiger partial charge on any atom is 0.231 e. The van der Waals surface area contributed by atoms with Gasteiger partial charge in [0.2, 0.25) is 6.79 Å². The van der Waals surface area contributed by atoms with E-state index in [0.717, 1.165) is 53.0 Å². The van der Waals surface area contributed by atoms with Crippen LogP contribution < -0.4 is 9.47 Å². The number of benzene rings is 2. The van der Waals surface area contributed by atoms with Gasteiger partial charge in [0.15, 0.2) is 17.3 Å². The third kappa shape index (κ3) is 2.29. The van der Waals surface area contributed by atoms with Crippen molar-refractivity contribution in [1.82, 2.24) is 0 Å². The maximum absolute atomic E-state index is 12.8. The Morgan fingerprint density at radius 2 is 1.82 bits per heavy atom. The molecule has 3 heteroatoms. The van der Waals surface area contributed by atoms with Crippen LogP contribution in [0.25, 0.3) is 6.08 Å². The largest absolute Gasteiger partial charge is 0.454 e. The number of fused-ring (bicyclic) bond motifs is 2. The first kappa shape index (κ1) is 13.1. The molecule has 0 aromatic heterocycles. The average Bonchev–Trinajstić information content (AvgIpc) is 2.95. The van der Waals surface area contributed by atoms with Gasteiger partial charge >= 0.3 is 0 Å². The summed E-state index contributed by atoms with van der Waals surface area (Å²) in [6.45, 7) is 0.266. The van der Waals surface area contributed by atoms with Crippen molar-refractivity contribution in [2.75, 3.05) is 6.79 Å². The second-order valence-corrected chi connectivity index (χ2v) is 5.62. The van der Waals surface area contributed by atoms with Crippen LogP contribution in [-0.2, 0) is 6.42 Å². The van der Waals surface area contributed by atoms with Crippen LogP contribution in [0.5, 0.6) is 11.5 Å². The van der Waals surface area contributed by atoms with Gasteiger partial charge in [0, 0.05) is 11.1 Å². The zero-order chi connectivity index (χ0) is 14.9. The van der Waals surface area contributed by atoms with Crippen LogP contribution in [-0.4, -0.2) is 12.6 Å². The van der Waals surface area contributed by atoms with Crippen LogP contribution in [0.2, 0.25) is 0 Å². The molecule has 1 heterocycles. The van der Waals surface area contributed by atoms with Crippen LogP contribution in [0.1, 0.15) is 34.3 Å². The molecule has 2 aromatic rings. The Kier molecular flexibility index (Phi) is 3.19. The Labute approximate surface area is 129 Å². The molecule has 0 bridgehead atoms. The van der Waals surface area contributed by atoms with Gasteiger partial charge in [-0.3, -0.25) is 4.79 Å². The van der Waals surface area contributed by atoms with Crippen LogP contribution >= 0.6 is 0 Å². The molecule has 2 aromatic carbocycles. The fourth-order valence-corrected chi connectivity index (χ4v) is 3.06. The van der Waals surface area contributed by atoms with E-state index in [1.165, 1.54) is 0 Å². The topological polar surface area (TPSA) is 35.5 Å². The van der Waals surface area contributed by atoms with Gasteiger partial charge in [-0.15, -0.1) is 0 Å². The number of rotatable bonds is 1. The minimum Gasteiger partial charge on any atom is -0.454 e. The van der Waals surface area contributed by atoms with Gasteiger partial charge in [-0.2, -0.15) is 0 Å². The zero-order valence-corrected chi connectivity index (χ0v) is 12.2. The minimum absolute atomic E-state index is 0.144. The summed E-state index contributed by atoms with van der Waals surface area (Å²) in [5, 5.41) is 0. The van der Waals surface area contributed by atoms with Crippen LogP contribution in [0, 0.1) is 0 Å². The molecule has 1 aliphatic heterocycles. The average molecular weight is 292 g/mol. The van der Waals surface area contributed by atoms with Gasteiger partial charge in [0.05, 0.1) is 0 Å². The predicted octanol–water partition coefficient (Wildman–Crippen LogP) is 4.02. The Hall–Kier alpha value is -2.55. The third-order valence-corrected chi connectivity index (χ3v) is 4.18. The summed E-state index contributed by atoms with van der Waals surface area (Å²) in [5.41, 5.74) is 3.84. The van der Waals surface area contributed by atoms with E-state index in [2.05, 4.69) is 6.07 Å². The number of carbonyl (C=O) groups excluding carboxylic acids is 1. The molecule has 110 valence electrons. The van der Waals surface area contributed by atoms with Crippen molar-refractivity contribution in [1.29, 1.82) is 0 Å². The number of Topliss-reactive ketones (excluding diaryl/α,β-unsaturated/α-hetero) is 1. The summed E-state index contributed by atoms with van der Waals surface area (Å²) < 4.78 is 10.7. The molecule has 2 aliphatic rings. The molecule has 0 amide bonds. The second-order valence-electron chi connectivity index (χ2n) is 5.62. The highest BCUT2D eigenvalue weighted by atomic mass is 16.7. The van der Waals surface area contributed by atoms with E-state index < -0.39 is 0 Å². The number of ether oxygens (including phenoxy) is 2. The first-order chi connectivity index (χ1) is 10.8. The SMILES string of the molecule is O=C1/C(=C\c2ccc3c(c2)OCO3)CCCc2ccccc21. The molecule has 0 atom stereocenters. The molecule has 0 saturated heterocycles.